The number of aliphatic hydroxyl groups is 1. The molecule has 0 saturated heterocycles. The molecule has 72 valence electrons. The van der Waals surface area contributed by atoms with Crippen LogP contribution in [0, 0.1) is 0 Å². The summed E-state index contributed by atoms with van der Waals surface area (Å²) in [5, 5.41) is 9.31. The summed E-state index contributed by atoms with van der Waals surface area (Å²) in [5.41, 5.74) is 0.546. The highest BCUT2D eigenvalue weighted by Gasteiger charge is 2.16. The van der Waals surface area contributed by atoms with Gasteiger partial charge in [-0.1, -0.05) is 30.3 Å². The van der Waals surface area contributed by atoms with Crippen LogP contribution in [-0.4, -0.2) is 18.2 Å². The second-order valence-electron chi connectivity index (χ2n) is 2.34. The first kappa shape index (κ1) is 12.1. The first-order valence-corrected chi connectivity index (χ1v) is 3.56. The van der Waals surface area contributed by atoms with Crippen molar-refractivity contribution in [2.24, 2.45) is 0 Å². The number of carbonyl (C=O) groups is 1. The van der Waals surface area contributed by atoms with Crippen LogP contribution in [0.25, 0.3) is 0 Å². The lowest BCUT2D eigenvalue weighted by molar-refractivity contribution is -0.150. The van der Waals surface area contributed by atoms with Crippen LogP contribution in [0.2, 0.25) is 0 Å². The summed E-state index contributed by atoms with van der Waals surface area (Å²) in [6.45, 7) is 0. The van der Waals surface area contributed by atoms with Crippen LogP contribution in [0.4, 0.5) is 0 Å². The van der Waals surface area contributed by atoms with E-state index in [1.54, 1.807) is 24.3 Å². The van der Waals surface area contributed by atoms with E-state index in [0.717, 1.165) is 0 Å². The van der Waals surface area contributed by atoms with Crippen molar-refractivity contribution in [1.82, 2.24) is 0 Å². The van der Waals surface area contributed by atoms with Crippen LogP contribution >= 0.6 is 17.0 Å². The van der Waals surface area contributed by atoms with Gasteiger partial charge in [0.25, 0.3) is 0 Å². The van der Waals surface area contributed by atoms with Crippen LogP contribution < -0.4 is 0 Å². The highest BCUT2D eigenvalue weighted by molar-refractivity contribution is 8.93. The summed E-state index contributed by atoms with van der Waals surface area (Å²) in [6.07, 6.45) is -1.17. The molecule has 0 spiro atoms. The summed E-state index contributed by atoms with van der Waals surface area (Å²) in [6, 6.07) is 8.65. The first-order chi connectivity index (χ1) is 5.75. The van der Waals surface area contributed by atoms with Gasteiger partial charge in [0.05, 0.1) is 7.11 Å². The molecular weight excluding hydrogens is 236 g/mol. The van der Waals surface area contributed by atoms with Gasteiger partial charge >= 0.3 is 5.97 Å². The zero-order chi connectivity index (χ0) is 8.97. The predicted octanol–water partition coefficient (Wildman–Crippen LogP) is 1.47. The molecule has 1 rings (SSSR count). The average Bonchev–Trinajstić information content (AvgIpc) is 2.17. The quantitative estimate of drug-likeness (QED) is 0.805. The molecule has 0 aromatic heterocycles. The van der Waals surface area contributed by atoms with Gasteiger partial charge in [0.1, 0.15) is 0 Å². The molecule has 0 radical (unpaired) electrons. The minimum absolute atomic E-state index is 0. The molecule has 0 fully saturated rings. The summed E-state index contributed by atoms with van der Waals surface area (Å²) in [5.74, 6) is -0.638. The molecule has 0 heterocycles. The molecular formula is C9H11BrO3. The van der Waals surface area contributed by atoms with E-state index in [9.17, 15) is 9.90 Å². The molecule has 13 heavy (non-hydrogen) atoms. The van der Waals surface area contributed by atoms with Gasteiger partial charge < -0.3 is 9.84 Å². The molecule has 1 atom stereocenters. The number of esters is 1. The SMILES string of the molecule is Br.COC(=O)C(O)c1ccccc1. The van der Waals surface area contributed by atoms with E-state index in [1.807, 2.05) is 6.07 Å². The number of rotatable bonds is 2. The average molecular weight is 247 g/mol. The highest BCUT2D eigenvalue weighted by Crippen LogP contribution is 2.12. The van der Waals surface area contributed by atoms with E-state index in [0.29, 0.717) is 5.56 Å². The molecule has 0 amide bonds. The van der Waals surface area contributed by atoms with Crippen LogP contribution in [0.3, 0.4) is 0 Å². The minimum Gasteiger partial charge on any atom is -0.467 e. The van der Waals surface area contributed by atoms with Crippen molar-refractivity contribution in [3.8, 4) is 0 Å². The molecule has 0 aliphatic rings. The normalized spacial score (nSPS) is 11.2. The first-order valence-electron chi connectivity index (χ1n) is 3.56. The monoisotopic (exact) mass is 246 g/mol. The van der Waals surface area contributed by atoms with E-state index >= 15 is 0 Å². The van der Waals surface area contributed by atoms with Crippen LogP contribution in [0.15, 0.2) is 30.3 Å². The van der Waals surface area contributed by atoms with Crippen molar-refractivity contribution >= 4 is 23.0 Å². The van der Waals surface area contributed by atoms with Gasteiger partial charge in [-0.2, -0.15) is 0 Å². The van der Waals surface area contributed by atoms with Crippen LogP contribution in [-0.2, 0) is 9.53 Å². The fourth-order valence-corrected chi connectivity index (χ4v) is 0.883. The lowest BCUT2D eigenvalue weighted by Crippen LogP contribution is -2.13. The van der Waals surface area contributed by atoms with Gasteiger partial charge in [-0.25, -0.2) is 4.79 Å². The lowest BCUT2D eigenvalue weighted by Gasteiger charge is -2.07. The fraction of sp³-hybridized carbons (Fsp3) is 0.222. The number of hydrogen-bond acceptors (Lipinski definition) is 3. The molecule has 1 unspecified atom stereocenters. The number of benzene rings is 1. The Morgan fingerprint density at radius 2 is 1.92 bits per heavy atom. The Bertz CT molecular complexity index is 261. The molecule has 1 N–H and O–H groups in total. The Morgan fingerprint density at radius 3 is 2.38 bits per heavy atom. The van der Waals surface area contributed by atoms with E-state index in [1.165, 1.54) is 7.11 Å². The standard InChI is InChI=1S/C9H10O3.BrH/c1-12-9(11)8(10)7-5-3-2-4-6-7;/h2-6,8,10H,1H3;1H. The van der Waals surface area contributed by atoms with Crippen molar-refractivity contribution in [1.29, 1.82) is 0 Å². The van der Waals surface area contributed by atoms with Crippen molar-refractivity contribution in [2.45, 2.75) is 6.10 Å². The number of hydrogen-bond donors (Lipinski definition) is 1. The van der Waals surface area contributed by atoms with Gasteiger partial charge in [-0.15, -0.1) is 17.0 Å². The molecule has 0 aliphatic heterocycles. The molecule has 3 nitrogen and oxygen atoms in total. The lowest BCUT2D eigenvalue weighted by atomic mass is 10.1. The summed E-state index contributed by atoms with van der Waals surface area (Å²) in [4.78, 5) is 10.8. The Labute approximate surface area is 87.1 Å². The molecule has 4 heteroatoms. The molecule has 1 aromatic rings. The van der Waals surface area contributed by atoms with Crippen molar-refractivity contribution < 1.29 is 14.6 Å². The summed E-state index contributed by atoms with van der Waals surface area (Å²) >= 11 is 0. The Kier molecular flexibility index (Phi) is 5.34. The molecule has 1 aromatic carbocycles. The summed E-state index contributed by atoms with van der Waals surface area (Å²) < 4.78 is 4.38. The van der Waals surface area contributed by atoms with Crippen molar-refractivity contribution in [2.75, 3.05) is 7.11 Å². The second kappa shape index (κ2) is 5.72. The molecule has 0 bridgehead atoms. The van der Waals surface area contributed by atoms with Crippen molar-refractivity contribution in [3.63, 3.8) is 0 Å². The maximum absolute atomic E-state index is 10.8. The van der Waals surface area contributed by atoms with E-state index in [2.05, 4.69) is 4.74 Å². The Balaban J connectivity index is 0.00000144. The van der Waals surface area contributed by atoms with Crippen molar-refractivity contribution in [3.05, 3.63) is 35.9 Å². The predicted molar refractivity (Wildman–Crippen MR) is 53.7 cm³/mol. The molecule has 0 saturated carbocycles. The molecule has 0 aliphatic carbocycles. The Morgan fingerprint density at radius 1 is 1.38 bits per heavy atom. The highest BCUT2D eigenvalue weighted by atomic mass is 79.9. The number of ether oxygens (including phenoxy) is 1. The van der Waals surface area contributed by atoms with E-state index in [-0.39, 0.29) is 17.0 Å². The number of carbonyl (C=O) groups excluding carboxylic acids is 1. The third-order valence-electron chi connectivity index (χ3n) is 1.54. The van der Waals surface area contributed by atoms with Crippen LogP contribution in [0.1, 0.15) is 11.7 Å². The van der Waals surface area contributed by atoms with Gasteiger partial charge in [-0.05, 0) is 5.56 Å². The zero-order valence-corrected chi connectivity index (χ0v) is 8.85. The smallest absolute Gasteiger partial charge is 0.339 e. The number of methoxy groups -OCH3 is 1. The third-order valence-corrected chi connectivity index (χ3v) is 1.54. The Hall–Kier alpha value is -0.870. The number of aliphatic hydroxyl groups excluding tert-OH is 1. The van der Waals surface area contributed by atoms with Gasteiger partial charge in [0.2, 0.25) is 0 Å². The minimum atomic E-state index is -1.17. The van der Waals surface area contributed by atoms with E-state index in [4.69, 9.17) is 0 Å². The van der Waals surface area contributed by atoms with Crippen LogP contribution in [0.5, 0.6) is 0 Å². The zero-order valence-electron chi connectivity index (χ0n) is 7.14. The maximum atomic E-state index is 10.8. The second-order valence-corrected chi connectivity index (χ2v) is 2.34. The maximum Gasteiger partial charge on any atom is 0.339 e. The van der Waals surface area contributed by atoms with E-state index < -0.39 is 12.1 Å². The third kappa shape index (κ3) is 3.16. The van der Waals surface area contributed by atoms with Gasteiger partial charge in [0.15, 0.2) is 6.10 Å². The summed E-state index contributed by atoms with van der Waals surface area (Å²) in [7, 11) is 1.24. The topological polar surface area (TPSA) is 46.5 Å². The fourth-order valence-electron chi connectivity index (χ4n) is 0.883. The largest absolute Gasteiger partial charge is 0.467 e. The van der Waals surface area contributed by atoms with Gasteiger partial charge in [-0.3, -0.25) is 0 Å². The van der Waals surface area contributed by atoms with Gasteiger partial charge in [0, 0.05) is 0 Å². The number of halogens is 1.